The molecule has 0 bridgehead atoms. The van der Waals surface area contributed by atoms with Crippen molar-refractivity contribution >= 4 is 8.51 Å². The van der Waals surface area contributed by atoms with Gasteiger partial charge in [0.05, 0.1) is 0 Å². The summed E-state index contributed by atoms with van der Waals surface area (Å²) in [5.41, 5.74) is 2.42. The first-order chi connectivity index (χ1) is 7.27. The fourth-order valence-electron chi connectivity index (χ4n) is 2.02. The van der Waals surface area contributed by atoms with E-state index in [1.54, 1.807) is 0 Å². The Balaban J connectivity index is 2.23. The van der Waals surface area contributed by atoms with Gasteiger partial charge in [-0.1, -0.05) is 0 Å². The summed E-state index contributed by atoms with van der Waals surface area (Å²) in [4.78, 5) is 0. The van der Waals surface area contributed by atoms with E-state index >= 15 is 0 Å². The predicted molar refractivity (Wildman–Crippen MR) is 59.0 cm³/mol. The summed E-state index contributed by atoms with van der Waals surface area (Å²) in [5, 5.41) is 0. The fraction of sp³-hybridized carbons (Fsp3) is 0.333. The molecule has 0 fully saturated rings. The minimum absolute atomic E-state index is 0.249. The third-order valence-electron chi connectivity index (χ3n) is 3.01. The Kier molecular flexibility index (Phi) is 3.82. The van der Waals surface area contributed by atoms with E-state index in [9.17, 15) is 0 Å². The van der Waals surface area contributed by atoms with Crippen molar-refractivity contribution in [1.29, 1.82) is 0 Å². The van der Waals surface area contributed by atoms with E-state index < -0.39 is 22.5 Å². The molecule has 0 saturated heterocycles. The Labute approximate surface area is 106 Å². The second kappa shape index (κ2) is 4.95. The van der Waals surface area contributed by atoms with E-state index in [-0.39, 0.29) is 5.60 Å². The van der Waals surface area contributed by atoms with Crippen LogP contribution in [0.2, 0.25) is 0 Å². The van der Waals surface area contributed by atoms with Crippen molar-refractivity contribution in [2.75, 3.05) is 0 Å². The molecule has 0 unspecified atom stereocenters. The standard InChI is InChI=1S/C12H13O.ClH.Zr/c1-12(13,10-6-2-3-7-10)11-8-4-5-9-11;;/h2-6,8H,7,9H2,1H3;1H;/q-1;;+2/p-1. The molecule has 0 aliphatic heterocycles. The van der Waals surface area contributed by atoms with Crippen LogP contribution in [0.5, 0.6) is 0 Å². The first-order valence-corrected chi connectivity index (χ1v) is 9.20. The molecule has 0 aromatic rings. The summed E-state index contributed by atoms with van der Waals surface area (Å²) in [6.45, 7) is 2.15. The van der Waals surface area contributed by atoms with Gasteiger partial charge in [-0.2, -0.15) is 0 Å². The maximum atomic E-state index is 5.92. The van der Waals surface area contributed by atoms with Crippen LogP contribution >= 0.6 is 8.51 Å². The molecule has 78 valence electrons. The molecule has 0 radical (unpaired) electrons. The van der Waals surface area contributed by atoms with Crippen LogP contribution in [0.25, 0.3) is 0 Å². The Hall–Kier alpha value is 0.0931. The van der Waals surface area contributed by atoms with Crippen LogP contribution in [0.4, 0.5) is 0 Å². The Morgan fingerprint density at radius 3 is 2.07 bits per heavy atom. The molecule has 0 saturated carbocycles. The second-order valence-corrected chi connectivity index (χ2v) is 5.65. The van der Waals surface area contributed by atoms with Crippen LogP contribution in [0.15, 0.2) is 47.6 Å². The predicted octanol–water partition coefficient (Wildman–Crippen LogP) is 3.69. The molecule has 2 rings (SSSR count). The molecular weight excluding hydrogens is 287 g/mol. The van der Waals surface area contributed by atoms with Gasteiger partial charge in [-0.25, -0.2) is 0 Å². The Morgan fingerprint density at radius 1 is 1.20 bits per heavy atom. The van der Waals surface area contributed by atoms with E-state index in [0.717, 1.165) is 12.8 Å². The third-order valence-corrected chi connectivity index (χ3v) is 4.66. The molecular formula is C12H13ClOZr. The number of rotatable bonds is 4. The summed E-state index contributed by atoms with van der Waals surface area (Å²) in [6, 6.07) is 0. The summed E-state index contributed by atoms with van der Waals surface area (Å²) in [5.74, 6) is 0. The van der Waals surface area contributed by atoms with Crippen LogP contribution in [0, 0.1) is 0 Å². The molecule has 0 amide bonds. The second-order valence-electron chi connectivity index (χ2n) is 3.86. The molecule has 2 aliphatic carbocycles. The number of hydrogen-bond acceptors (Lipinski definition) is 1. The van der Waals surface area contributed by atoms with Gasteiger partial charge in [0.1, 0.15) is 0 Å². The molecule has 0 spiro atoms. The molecule has 2 aliphatic rings. The van der Waals surface area contributed by atoms with E-state index in [2.05, 4.69) is 43.4 Å². The first kappa shape index (κ1) is 11.6. The monoisotopic (exact) mass is 298 g/mol. The van der Waals surface area contributed by atoms with Crippen molar-refractivity contribution in [2.24, 2.45) is 0 Å². The average Bonchev–Trinajstić information content (AvgIpc) is 2.92. The van der Waals surface area contributed by atoms with Crippen molar-refractivity contribution < 1.29 is 25.3 Å². The van der Waals surface area contributed by atoms with Gasteiger partial charge in [-0.3, -0.25) is 0 Å². The topological polar surface area (TPSA) is 9.23 Å². The van der Waals surface area contributed by atoms with Gasteiger partial charge in [0, 0.05) is 0 Å². The minimum atomic E-state index is -1.18. The van der Waals surface area contributed by atoms with Crippen molar-refractivity contribution in [1.82, 2.24) is 0 Å². The van der Waals surface area contributed by atoms with Gasteiger partial charge in [0.2, 0.25) is 0 Å². The van der Waals surface area contributed by atoms with E-state index in [1.165, 1.54) is 11.1 Å². The molecule has 0 aromatic carbocycles. The Bertz CT molecular complexity index is 336. The molecule has 3 heteroatoms. The van der Waals surface area contributed by atoms with Gasteiger partial charge in [-0.15, -0.1) is 0 Å². The molecule has 0 aromatic heterocycles. The number of allylic oxidation sites excluding steroid dienone is 6. The Morgan fingerprint density at radius 2 is 1.73 bits per heavy atom. The SMILES string of the molecule is CC([O][Zr][Cl])(C1=CC=CC1)C1=CC=CC1. The van der Waals surface area contributed by atoms with E-state index in [4.69, 9.17) is 11.3 Å². The van der Waals surface area contributed by atoms with Crippen LogP contribution in [0.1, 0.15) is 19.8 Å². The molecule has 1 nitrogen and oxygen atoms in total. The number of halogens is 1. The van der Waals surface area contributed by atoms with Crippen molar-refractivity contribution in [3.63, 3.8) is 0 Å². The van der Waals surface area contributed by atoms with Crippen molar-refractivity contribution in [3.8, 4) is 0 Å². The van der Waals surface area contributed by atoms with Crippen molar-refractivity contribution in [2.45, 2.75) is 25.4 Å². The molecule has 0 heterocycles. The summed E-state index contributed by atoms with van der Waals surface area (Å²) >= 11 is -1.18. The molecule has 0 N–H and O–H groups in total. The van der Waals surface area contributed by atoms with Gasteiger partial charge in [-0.05, 0) is 0 Å². The summed E-state index contributed by atoms with van der Waals surface area (Å²) in [6.07, 6.45) is 14.8. The van der Waals surface area contributed by atoms with Crippen molar-refractivity contribution in [3.05, 3.63) is 47.6 Å². The van der Waals surface area contributed by atoms with Gasteiger partial charge < -0.3 is 0 Å². The summed E-state index contributed by atoms with van der Waals surface area (Å²) < 4.78 is 5.92. The van der Waals surface area contributed by atoms with Crippen LogP contribution in [-0.4, -0.2) is 5.60 Å². The zero-order chi connectivity index (χ0) is 10.7. The maximum absolute atomic E-state index is 5.92. The van der Waals surface area contributed by atoms with E-state index in [1.807, 2.05) is 0 Å². The van der Waals surface area contributed by atoms with Crippen LogP contribution in [-0.2, 0) is 25.3 Å². The zero-order valence-corrected chi connectivity index (χ0v) is 11.9. The fourth-order valence-corrected chi connectivity index (χ4v) is 3.95. The first-order valence-electron chi connectivity index (χ1n) is 5.03. The van der Waals surface area contributed by atoms with Gasteiger partial charge in [0.15, 0.2) is 0 Å². The summed E-state index contributed by atoms with van der Waals surface area (Å²) in [7, 11) is 5.90. The van der Waals surface area contributed by atoms with E-state index in [0.29, 0.717) is 0 Å². The van der Waals surface area contributed by atoms with Gasteiger partial charge >= 0.3 is 107 Å². The normalized spacial score (nSPS) is 19.3. The quantitative estimate of drug-likeness (QED) is 0.769. The third kappa shape index (κ3) is 2.28. The van der Waals surface area contributed by atoms with Crippen LogP contribution < -0.4 is 0 Å². The van der Waals surface area contributed by atoms with Crippen LogP contribution in [0.3, 0.4) is 0 Å². The zero-order valence-electron chi connectivity index (χ0n) is 8.66. The molecule has 0 atom stereocenters. The number of hydrogen-bond donors (Lipinski definition) is 0. The average molecular weight is 300 g/mol. The molecule has 15 heavy (non-hydrogen) atoms. The van der Waals surface area contributed by atoms with Gasteiger partial charge in [0.25, 0.3) is 0 Å².